The van der Waals surface area contributed by atoms with Gasteiger partial charge in [-0.25, -0.2) is 4.39 Å². The van der Waals surface area contributed by atoms with Crippen LogP contribution in [0.3, 0.4) is 0 Å². The lowest BCUT2D eigenvalue weighted by molar-refractivity contribution is 0.318. The Labute approximate surface area is 141 Å². The van der Waals surface area contributed by atoms with Crippen LogP contribution in [0, 0.1) is 5.82 Å². The third-order valence-corrected chi connectivity index (χ3v) is 4.10. The standard InChI is InChI=1S/C13H8Br2ClFN2O2/c14-6-2-1-3-10(12(6)13(18)19-20)21-11-5-9(17)8(16)4-7(11)15/h1-5,20H,(H2,18,19). The van der Waals surface area contributed by atoms with Crippen LogP contribution in [0.5, 0.6) is 11.5 Å². The summed E-state index contributed by atoms with van der Waals surface area (Å²) < 4.78 is 20.2. The average Bonchev–Trinajstić information content (AvgIpc) is 2.44. The zero-order valence-electron chi connectivity index (χ0n) is 10.3. The molecule has 21 heavy (non-hydrogen) atoms. The fourth-order valence-electron chi connectivity index (χ4n) is 1.59. The second-order valence-corrected chi connectivity index (χ2v) is 6.01. The molecule has 0 radical (unpaired) electrons. The van der Waals surface area contributed by atoms with Crippen molar-refractivity contribution in [2.45, 2.75) is 0 Å². The summed E-state index contributed by atoms with van der Waals surface area (Å²) in [6, 6.07) is 7.54. The van der Waals surface area contributed by atoms with Gasteiger partial charge in [-0.15, -0.1) is 0 Å². The predicted molar refractivity (Wildman–Crippen MR) is 85.8 cm³/mol. The molecule has 0 unspecified atom stereocenters. The highest BCUT2D eigenvalue weighted by Crippen LogP contribution is 2.36. The number of halogens is 4. The molecule has 8 heteroatoms. The summed E-state index contributed by atoms with van der Waals surface area (Å²) in [4.78, 5) is 0. The molecule has 2 aromatic rings. The molecule has 0 spiro atoms. The largest absolute Gasteiger partial charge is 0.455 e. The van der Waals surface area contributed by atoms with E-state index >= 15 is 0 Å². The van der Waals surface area contributed by atoms with Crippen LogP contribution in [0.4, 0.5) is 4.39 Å². The summed E-state index contributed by atoms with van der Waals surface area (Å²) in [5.41, 5.74) is 5.97. The molecule has 0 bridgehead atoms. The lowest BCUT2D eigenvalue weighted by atomic mass is 10.2. The first-order chi connectivity index (χ1) is 9.93. The number of rotatable bonds is 3. The van der Waals surface area contributed by atoms with E-state index in [2.05, 4.69) is 37.0 Å². The predicted octanol–water partition coefficient (Wildman–Crippen LogP) is 4.89. The second-order valence-electron chi connectivity index (χ2n) is 3.90. The van der Waals surface area contributed by atoms with E-state index in [1.165, 1.54) is 6.07 Å². The van der Waals surface area contributed by atoms with Crippen LogP contribution in [0.1, 0.15) is 5.56 Å². The van der Waals surface area contributed by atoms with Crippen molar-refractivity contribution < 1.29 is 14.3 Å². The maximum Gasteiger partial charge on any atom is 0.175 e. The van der Waals surface area contributed by atoms with Crippen LogP contribution in [-0.2, 0) is 0 Å². The van der Waals surface area contributed by atoms with E-state index in [0.717, 1.165) is 6.07 Å². The van der Waals surface area contributed by atoms with Gasteiger partial charge in [0, 0.05) is 10.5 Å². The van der Waals surface area contributed by atoms with Crippen molar-refractivity contribution in [3.63, 3.8) is 0 Å². The van der Waals surface area contributed by atoms with Gasteiger partial charge in [0.25, 0.3) is 0 Å². The number of hydrogen-bond acceptors (Lipinski definition) is 3. The lowest BCUT2D eigenvalue weighted by Crippen LogP contribution is -2.15. The van der Waals surface area contributed by atoms with Gasteiger partial charge >= 0.3 is 0 Å². The molecular formula is C13H8Br2ClFN2O2. The second kappa shape index (κ2) is 6.64. The van der Waals surface area contributed by atoms with Crippen molar-refractivity contribution in [3.05, 3.63) is 55.7 Å². The highest BCUT2D eigenvalue weighted by Gasteiger charge is 2.15. The van der Waals surface area contributed by atoms with E-state index in [4.69, 9.17) is 27.3 Å². The molecule has 110 valence electrons. The van der Waals surface area contributed by atoms with E-state index in [-0.39, 0.29) is 16.6 Å². The van der Waals surface area contributed by atoms with Gasteiger partial charge in [0.05, 0.1) is 15.1 Å². The molecule has 0 heterocycles. The molecule has 0 aliphatic rings. The summed E-state index contributed by atoms with van der Waals surface area (Å²) in [6.45, 7) is 0. The number of benzene rings is 2. The molecule has 2 aromatic carbocycles. The van der Waals surface area contributed by atoms with Crippen molar-refractivity contribution in [1.29, 1.82) is 0 Å². The Balaban J connectivity index is 2.50. The number of hydrogen-bond donors (Lipinski definition) is 2. The molecule has 0 aromatic heterocycles. The Kier molecular flexibility index (Phi) is 5.08. The zero-order valence-corrected chi connectivity index (χ0v) is 14.2. The van der Waals surface area contributed by atoms with Gasteiger partial charge < -0.3 is 15.7 Å². The molecule has 0 saturated heterocycles. The molecular weight excluding hydrogens is 430 g/mol. The van der Waals surface area contributed by atoms with Crippen molar-refractivity contribution in [3.8, 4) is 11.5 Å². The molecule has 0 saturated carbocycles. The van der Waals surface area contributed by atoms with Gasteiger partial charge in [-0.05, 0) is 50.1 Å². The number of nitrogens with zero attached hydrogens (tertiary/aromatic N) is 1. The number of nitrogens with two attached hydrogens (primary N) is 1. The molecule has 2 rings (SSSR count). The van der Waals surface area contributed by atoms with Crippen LogP contribution in [-0.4, -0.2) is 11.0 Å². The highest BCUT2D eigenvalue weighted by molar-refractivity contribution is 9.10. The van der Waals surface area contributed by atoms with Gasteiger partial charge in [-0.1, -0.05) is 22.8 Å². The summed E-state index contributed by atoms with van der Waals surface area (Å²) in [6.07, 6.45) is 0. The topological polar surface area (TPSA) is 67.8 Å². The van der Waals surface area contributed by atoms with Gasteiger partial charge in [-0.2, -0.15) is 0 Å². The van der Waals surface area contributed by atoms with Crippen molar-refractivity contribution in [2.75, 3.05) is 0 Å². The van der Waals surface area contributed by atoms with Crippen molar-refractivity contribution >= 4 is 49.3 Å². The first-order valence-corrected chi connectivity index (χ1v) is 7.49. The quantitative estimate of drug-likeness (QED) is 0.236. The van der Waals surface area contributed by atoms with Gasteiger partial charge in [0.15, 0.2) is 5.84 Å². The third kappa shape index (κ3) is 3.48. The van der Waals surface area contributed by atoms with E-state index < -0.39 is 5.82 Å². The highest BCUT2D eigenvalue weighted by atomic mass is 79.9. The minimum Gasteiger partial charge on any atom is -0.455 e. The Morgan fingerprint density at radius 2 is 1.95 bits per heavy atom. The molecule has 3 N–H and O–H groups in total. The Hall–Kier alpha value is -1.31. The Bertz CT molecular complexity index is 726. The Morgan fingerprint density at radius 1 is 1.24 bits per heavy atom. The van der Waals surface area contributed by atoms with E-state index in [0.29, 0.717) is 20.3 Å². The normalized spacial score (nSPS) is 11.5. The minimum atomic E-state index is -0.616. The molecule has 0 aliphatic carbocycles. The van der Waals surface area contributed by atoms with E-state index in [1.54, 1.807) is 18.2 Å². The summed E-state index contributed by atoms with van der Waals surface area (Å²) in [5.74, 6) is -0.248. The molecule has 4 nitrogen and oxygen atoms in total. The molecule has 0 atom stereocenters. The summed E-state index contributed by atoms with van der Waals surface area (Å²) >= 11 is 12.2. The first kappa shape index (κ1) is 16.1. The Morgan fingerprint density at radius 3 is 2.62 bits per heavy atom. The maximum atomic E-state index is 13.5. The van der Waals surface area contributed by atoms with Gasteiger partial charge in [0.1, 0.15) is 17.3 Å². The van der Waals surface area contributed by atoms with Crippen molar-refractivity contribution in [1.82, 2.24) is 0 Å². The van der Waals surface area contributed by atoms with E-state index in [1.807, 2.05) is 0 Å². The van der Waals surface area contributed by atoms with Gasteiger partial charge in [0.2, 0.25) is 0 Å². The lowest BCUT2D eigenvalue weighted by Gasteiger charge is -2.13. The van der Waals surface area contributed by atoms with Crippen LogP contribution in [0.25, 0.3) is 0 Å². The van der Waals surface area contributed by atoms with E-state index in [9.17, 15) is 4.39 Å². The smallest absolute Gasteiger partial charge is 0.175 e. The van der Waals surface area contributed by atoms with Gasteiger partial charge in [-0.3, -0.25) is 0 Å². The number of oxime groups is 1. The minimum absolute atomic E-state index is 0.0277. The fraction of sp³-hybridized carbons (Fsp3) is 0. The maximum absolute atomic E-state index is 13.5. The summed E-state index contributed by atoms with van der Waals surface area (Å²) in [5, 5.41) is 11.8. The molecule has 0 aliphatic heterocycles. The average molecular weight is 438 g/mol. The van der Waals surface area contributed by atoms with Crippen LogP contribution >= 0.6 is 43.5 Å². The van der Waals surface area contributed by atoms with Crippen LogP contribution in [0.2, 0.25) is 5.02 Å². The summed E-state index contributed by atoms with van der Waals surface area (Å²) in [7, 11) is 0. The third-order valence-electron chi connectivity index (χ3n) is 2.53. The molecule has 0 amide bonds. The number of ether oxygens (including phenoxy) is 1. The number of amidine groups is 1. The first-order valence-electron chi connectivity index (χ1n) is 5.53. The zero-order chi connectivity index (χ0) is 15.6. The molecule has 0 fully saturated rings. The van der Waals surface area contributed by atoms with Crippen molar-refractivity contribution in [2.24, 2.45) is 10.9 Å². The SMILES string of the molecule is N/C(=N/O)c1c(Br)cccc1Oc1cc(F)c(Cl)cc1Br. The fourth-order valence-corrected chi connectivity index (χ4v) is 2.86. The monoisotopic (exact) mass is 436 g/mol. The van der Waals surface area contributed by atoms with Crippen LogP contribution < -0.4 is 10.5 Å². The van der Waals surface area contributed by atoms with Crippen LogP contribution in [0.15, 0.2) is 44.4 Å².